The molecular formula is C20H36N12O6. The fourth-order valence-electron chi connectivity index (χ4n) is 3.56. The third-order valence-electron chi connectivity index (χ3n) is 5.14. The average molecular weight is 541 g/mol. The zero-order valence-electron chi connectivity index (χ0n) is 21.6. The fourth-order valence-corrected chi connectivity index (χ4v) is 3.56. The van der Waals surface area contributed by atoms with Gasteiger partial charge in [-0.25, -0.2) is 0 Å². The van der Waals surface area contributed by atoms with E-state index in [2.05, 4.69) is 40.1 Å². The summed E-state index contributed by atoms with van der Waals surface area (Å²) in [6, 6.07) is 0. The summed E-state index contributed by atoms with van der Waals surface area (Å²) < 4.78 is 36.3. The van der Waals surface area contributed by atoms with Crippen molar-refractivity contribution in [1.29, 1.82) is 0 Å². The first-order valence-electron chi connectivity index (χ1n) is 12.5. The minimum absolute atomic E-state index is 0.156. The van der Waals surface area contributed by atoms with Crippen LogP contribution in [0, 0.1) is 0 Å². The van der Waals surface area contributed by atoms with Crippen molar-refractivity contribution in [3.8, 4) is 0 Å². The molecule has 0 radical (unpaired) electrons. The van der Waals surface area contributed by atoms with Crippen LogP contribution >= 0.6 is 0 Å². The van der Waals surface area contributed by atoms with Gasteiger partial charge in [-0.05, 0) is 54.7 Å². The Morgan fingerprint density at radius 1 is 0.605 bits per heavy atom. The van der Waals surface area contributed by atoms with Crippen LogP contribution in [0.25, 0.3) is 41.8 Å². The lowest BCUT2D eigenvalue weighted by Gasteiger charge is -2.45. The van der Waals surface area contributed by atoms with Crippen LogP contribution in [0.3, 0.4) is 0 Å². The van der Waals surface area contributed by atoms with Gasteiger partial charge in [-0.1, -0.05) is 20.5 Å². The van der Waals surface area contributed by atoms with Gasteiger partial charge in [0.15, 0.2) is 6.29 Å². The second-order valence-corrected chi connectivity index (χ2v) is 7.81. The molecule has 0 N–H and O–H groups in total. The largest absolute Gasteiger partial charge is 0.379 e. The van der Waals surface area contributed by atoms with E-state index in [1.807, 2.05) is 6.92 Å². The monoisotopic (exact) mass is 540 g/mol. The molecule has 212 valence electrons. The number of ether oxygens (including phenoxy) is 6. The zero-order chi connectivity index (χ0) is 27.7. The highest BCUT2D eigenvalue weighted by Gasteiger charge is 2.48. The molecule has 0 amide bonds. The van der Waals surface area contributed by atoms with E-state index in [4.69, 9.17) is 50.5 Å². The van der Waals surface area contributed by atoms with Crippen LogP contribution in [0.4, 0.5) is 0 Å². The first-order chi connectivity index (χ1) is 18.7. The summed E-state index contributed by atoms with van der Waals surface area (Å²) in [5.41, 5.74) is 34.0. The first kappa shape index (κ1) is 33.0. The van der Waals surface area contributed by atoms with Crippen molar-refractivity contribution in [2.75, 3.05) is 65.8 Å². The lowest BCUT2D eigenvalue weighted by atomic mass is 9.98. The van der Waals surface area contributed by atoms with Crippen molar-refractivity contribution in [3.63, 3.8) is 0 Å². The molecule has 0 aromatic carbocycles. The van der Waals surface area contributed by atoms with Gasteiger partial charge in [0.25, 0.3) is 0 Å². The third-order valence-corrected chi connectivity index (χ3v) is 5.14. The Hall–Kier alpha value is -3.00. The van der Waals surface area contributed by atoms with Crippen LogP contribution < -0.4 is 0 Å². The number of nitrogens with zero attached hydrogens (tertiary/aromatic N) is 12. The Balaban J connectivity index is 3.06. The van der Waals surface area contributed by atoms with Gasteiger partial charge in [-0.15, -0.1) is 0 Å². The maximum absolute atomic E-state index is 8.54. The SMILES string of the molecule is CCO[C@H]1OC(COCCCN=[N+]=[N-])[C@H](OCCCN=[N+]=[N-])C(OCCCN=[N+]=[N-])C1OCCCN=[N+]=[N-]. The van der Waals surface area contributed by atoms with Gasteiger partial charge in [-0.2, -0.15) is 0 Å². The van der Waals surface area contributed by atoms with Crippen molar-refractivity contribution in [2.45, 2.75) is 63.3 Å². The highest BCUT2D eigenvalue weighted by atomic mass is 16.7. The predicted octanol–water partition coefficient (Wildman–Crippen LogP) is 4.72. The van der Waals surface area contributed by atoms with Crippen molar-refractivity contribution in [1.82, 2.24) is 0 Å². The van der Waals surface area contributed by atoms with Crippen LogP contribution in [-0.4, -0.2) is 96.5 Å². The molecule has 1 aliphatic rings. The van der Waals surface area contributed by atoms with E-state index < -0.39 is 30.7 Å². The van der Waals surface area contributed by atoms with Crippen LogP contribution in [0.5, 0.6) is 0 Å². The highest BCUT2D eigenvalue weighted by Crippen LogP contribution is 2.30. The van der Waals surface area contributed by atoms with Crippen molar-refractivity contribution < 1.29 is 28.4 Å². The van der Waals surface area contributed by atoms with Crippen LogP contribution in [-0.2, 0) is 28.4 Å². The maximum Gasteiger partial charge on any atom is 0.186 e. The Morgan fingerprint density at radius 3 is 1.53 bits per heavy atom. The molecule has 1 fully saturated rings. The fraction of sp³-hybridized carbons (Fsp3) is 1.00. The van der Waals surface area contributed by atoms with Gasteiger partial charge in [-0.3, -0.25) is 0 Å². The van der Waals surface area contributed by atoms with Crippen LogP contribution in [0.2, 0.25) is 0 Å². The Kier molecular flexibility index (Phi) is 20.1. The number of rotatable bonds is 23. The molecule has 1 saturated heterocycles. The van der Waals surface area contributed by atoms with Gasteiger partial charge in [0, 0.05) is 78.9 Å². The summed E-state index contributed by atoms with van der Waals surface area (Å²) in [4.78, 5) is 11.0. The Morgan fingerprint density at radius 2 is 1.05 bits per heavy atom. The molecule has 18 nitrogen and oxygen atoms in total. The lowest BCUT2D eigenvalue weighted by molar-refractivity contribution is -0.322. The van der Waals surface area contributed by atoms with Crippen LogP contribution in [0.1, 0.15) is 32.6 Å². The number of azide groups is 4. The van der Waals surface area contributed by atoms with Gasteiger partial charge < -0.3 is 28.4 Å². The van der Waals surface area contributed by atoms with Gasteiger partial charge >= 0.3 is 0 Å². The normalized spacial score (nSPS) is 22.4. The van der Waals surface area contributed by atoms with Crippen LogP contribution in [0.15, 0.2) is 20.5 Å². The van der Waals surface area contributed by atoms with E-state index >= 15 is 0 Å². The molecule has 18 heteroatoms. The molecule has 38 heavy (non-hydrogen) atoms. The molecule has 0 aromatic heterocycles. The zero-order valence-corrected chi connectivity index (χ0v) is 21.6. The second kappa shape index (κ2) is 23.1. The van der Waals surface area contributed by atoms with E-state index in [9.17, 15) is 0 Å². The molecule has 0 bridgehead atoms. The molecule has 0 aromatic rings. The minimum Gasteiger partial charge on any atom is -0.379 e. The summed E-state index contributed by atoms with van der Waals surface area (Å²) in [5.74, 6) is 0. The van der Waals surface area contributed by atoms with E-state index in [0.29, 0.717) is 45.4 Å². The molecular weight excluding hydrogens is 504 g/mol. The van der Waals surface area contributed by atoms with E-state index in [0.717, 1.165) is 0 Å². The summed E-state index contributed by atoms with van der Waals surface area (Å²) in [5, 5.41) is 14.1. The molecule has 3 unspecified atom stereocenters. The summed E-state index contributed by atoms with van der Waals surface area (Å²) in [6.07, 6.45) is -1.33. The number of hydrogen-bond acceptors (Lipinski definition) is 10. The van der Waals surface area contributed by atoms with Gasteiger partial charge in [0.1, 0.15) is 24.4 Å². The maximum atomic E-state index is 8.54. The molecule has 0 aliphatic carbocycles. The molecule has 0 spiro atoms. The number of hydrogen-bond donors (Lipinski definition) is 0. The van der Waals surface area contributed by atoms with E-state index in [-0.39, 0.29) is 46.1 Å². The molecule has 1 heterocycles. The average Bonchev–Trinajstić information content (AvgIpc) is 2.92. The second-order valence-electron chi connectivity index (χ2n) is 7.81. The quantitative estimate of drug-likeness (QED) is 0.0765. The topological polar surface area (TPSA) is 250 Å². The van der Waals surface area contributed by atoms with E-state index in [1.165, 1.54) is 0 Å². The Bertz CT molecular complexity index is 827. The first-order valence-corrected chi connectivity index (χ1v) is 12.5. The van der Waals surface area contributed by atoms with Crippen molar-refractivity contribution >= 4 is 0 Å². The molecule has 5 atom stereocenters. The van der Waals surface area contributed by atoms with Gasteiger partial charge in [0.2, 0.25) is 0 Å². The molecule has 1 aliphatic heterocycles. The van der Waals surface area contributed by atoms with Crippen molar-refractivity contribution in [3.05, 3.63) is 41.8 Å². The Labute approximate surface area is 220 Å². The standard InChI is InChI=1S/C20H36N12O6/c1-2-34-20-19(37-14-6-10-28-32-24)18(36-13-5-9-27-31-23)17(35-12-4-8-26-30-22)16(38-20)15-33-11-3-7-25-29-21/h16-20H,2-15H2,1H3/t16?,17-,18?,19?,20-/m0/s1. The lowest BCUT2D eigenvalue weighted by Crippen LogP contribution is -2.62. The van der Waals surface area contributed by atoms with Crippen molar-refractivity contribution in [2.24, 2.45) is 20.5 Å². The van der Waals surface area contributed by atoms with Gasteiger partial charge in [0.05, 0.1) is 6.61 Å². The molecule has 1 rings (SSSR count). The predicted molar refractivity (Wildman–Crippen MR) is 135 cm³/mol. The highest BCUT2D eigenvalue weighted by molar-refractivity contribution is 4.93. The summed E-state index contributed by atoms with van der Waals surface area (Å²) in [6.45, 7) is 4.59. The summed E-state index contributed by atoms with van der Waals surface area (Å²) in [7, 11) is 0. The summed E-state index contributed by atoms with van der Waals surface area (Å²) >= 11 is 0. The minimum atomic E-state index is -0.790. The molecule has 0 saturated carbocycles. The van der Waals surface area contributed by atoms with E-state index in [1.54, 1.807) is 0 Å². The third kappa shape index (κ3) is 14.1. The smallest absolute Gasteiger partial charge is 0.186 e.